The molecule has 3 unspecified atom stereocenters. The van der Waals surface area contributed by atoms with Gasteiger partial charge in [-0.15, -0.1) is 5.11 Å². The largest absolute Gasteiger partial charge is 0.506 e. The lowest BCUT2D eigenvalue weighted by Gasteiger charge is -2.30. The van der Waals surface area contributed by atoms with E-state index < -0.39 is 43.8 Å². The zero-order valence-corrected chi connectivity index (χ0v) is 36.4. The van der Waals surface area contributed by atoms with E-state index in [0.29, 0.717) is 50.8 Å². The smallest absolute Gasteiger partial charge is 0.316 e. The van der Waals surface area contributed by atoms with Gasteiger partial charge in [-0.25, -0.2) is 8.42 Å². The molecule has 18 nitrogen and oxygen atoms in total. The molecule has 2 heterocycles. The van der Waals surface area contributed by atoms with Crippen LogP contribution in [0.2, 0.25) is 0 Å². The normalized spacial score (nSPS) is 16.3. The number of rotatable bonds is 16. The highest BCUT2D eigenvalue weighted by molar-refractivity contribution is 7.92. The third-order valence-electron chi connectivity index (χ3n) is 9.56. The second-order valence-electron chi connectivity index (χ2n) is 14.1. The Hall–Kier alpha value is -5.52. The monoisotopic (exact) mass is 913 g/mol. The number of phenols is 2. The second-order valence-corrected chi connectivity index (χ2v) is 18.6. The van der Waals surface area contributed by atoms with Gasteiger partial charge in [0.05, 0.1) is 53.6 Å². The molecular formula is C39H43N7O11S4. The molecule has 5 aromatic carbocycles. The molecule has 5 aromatic rings. The quantitative estimate of drug-likeness (QED) is 0.0516. The van der Waals surface area contributed by atoms with E-state index in [9.17, 15) is 31.3 Å². The molecule has 0 aliphatic carbocycles. The van der Waals surface area contributed by atoms with E-state index in [1.165, 1.54) is 30.3 Å². The zero-order chi connectivity index (χ0) is 43.3. The number of hydrogen-bond acceptors (Lipinski definition) is 14. The molecular weight excluding hydrogens is 871 g/mol. The van der Waals surface area contributed by atoms with Gasteiger partial charge in [-0.3, -0.25) is 14.2 Å². The highest BCUT2D eigenvalue weighted by atomic mass is 32.2. The number of azo groups is 1. The van der Waals surface area contributed by atoms with Crippen molar-refractivity contribution in [3.05, 3.63) is 90.0 Å². The number of aryl methyl sites for hydroxylation is 2. The van der Waals surface area contributed by atoms with Gasteiger partial charge in [-0.1, -0.05) is 18.2 Å². The summed E-state index contributed by atoms with van der Waals surface area (Å²) in [4.78, 5) is 2.01. The van der Waals surface area contributed by atoms with Gasteiger partial charge < -0.3 is 32.4 Å². The van der Waals surface area contributed by atoms with Crippen molar-refractivity contribution >= 4 is 88.7 Å². The van der Waals surface area contributed by atoms with Gasteiger partial charge in [0.25, 0.3) is 11.3 Å². The summed E-state index contributed by atoms with van der Waals surface area (Å²) in [6, 6.07) is 20.3. The molecule has 2 saturated heterocycles. The fourth-order valence-electron chi connectivity index (χ4n) is 6.52. The molecule has 324 valence electrons. The van der Waals surface area contributed by atoms with E-state index in [2.05, 4.69) is 24.4 Å². The summed E-state index contributed by atoms with van der Waals surface area (Å²) in [7, 11) is -3.76. The van der Waals surface area contributed by atoms with Crippen LogP contribution < -0.4 is 31.6 Å². The predicted octanol–water partition coefficient (Wildman–Crippen LogP) is 6.68. The number of phenolic OH excluding ortho intramolecular Hbond substituents is 2. The lowest BCUT2D eigenvalue weighted by atomic mass is 10.1. The van der Waals surface area contributed by atoms with E-state index in [1.807, 2.05) is 18.7 Å². The molecule has 7 rings (SSSR count). The van der Waals surface area contributed by atoms with Gasteiger partial charge in [-0.2, -0.15) is 22.0 Å². The fraction of sp³-hybridized carbons (Fsp3) is 0.282. The predicted molar refractivity (Wildman–Crippen MR) is 236 cm³/mol. The maximum atomic E-state index is 13.3. The first-order chi connectivity index (χ1) is 29.2. The molecule has 0 spiro atoms. The van der Waals surface area contributed by atoms with Crippen molar-refractivity contribution in [3.63, 3.8) is 0 Å². The van der Waals surface area contributed by atoms with Crippen LogP contribution in [0.5, 0.6) is 28.7 Å². The SMILES string of the molecule is Cc1cc(O)c(NS(=O)Oc2cc(NS(=O)Oc3cccc(N=Nc4cc(OS(=O)N5CCCC5)c(O)c5cccc(NS(C)(=O)=O)c45)c3)ccc2N2CCOCC2)cc1C. The van der Waals surface area contributed by atoms with Crippen LogP contribution in [-0.4, -0.2) is 81.2 Å². The van der Waals surface area contributed by atoms with E-state index in [1.54, 1.807) is 52.8 Å². The zero-order valence-electron chi connectivity index (χ0n) is 33.2. The standard InChI is InChI=1S/C39H43N7O11S4/c1-25-20-32(35(47)21-26(25)2)43-59(50)56-36-23-28(12-13-34(36)45-16-18-54-19-17-45)42-58(49)55-29-9-6-8-27(22-29)40-41-33-24-37(57-60(51)46-14-4-5-15-46)39(48)30-10-7-11-31(38(30)33)44-61(3,52)53/h6-13,20-24,42-44,47-48H,4-5,14-19H2,1-3H3. The molecule has 0 aromatic heterocycles. The lowest BCUT2D eigenvalue weighted by Crippen LogP contribution is -2.36. The van der Waals surface area contributed by atoms with Crippen LogP contribution in [0.3, 0.4) is 0 Å². The van der Waals surface area contributed by atoms with Crippen molar-refractivity contribution in [2.75, 3.05) is 64.7 Å². The molecule has 5 N–H and O–H groups in total. The molecule has 2 aliphatic heterocycles. The topological polar surface area (TPSA) is 230 Å². The molecule has 0 amide bonds. The summed E-state index contributed by atoms with van der Waals surface area (Å²) >= 11 is -6.22. The van der Waals surface area contributed by atoms with Crippen LogP contribution >= 0.6 is 0 Å². The summed E-state index contributed by atoms with van der Waals surface area (Å²) < 4.78 is 96.3. The third-order valence-corrected chi connectivity index (χ3v) is 12.7. The van der Waals surface area contributed by atoms with Gasteiger partial charge >= 0.3 is 22.5 Å². The second kappa shape index (κ2) is 19.0. The average Bonchev–Trinajstić information content (AvgIpc) is 3.76. The van der Waals surface area contributed by atoms with Crippen LogP contribution in [0.25, 0.3) is 10.8 Å². The molecule has 3 atom stereocenters. The van der Waals surface area contributed by atoms with Crippen molar-refractivity contribution in [2.24, 2.45) is 10.2 Å². The van der Waals surface area contributed by atoms with E-state index >= 15 is 0 Å². The Morgan fingerprint density at radius 3 is 2.23 bits per heavy atom. The highest BCUT2D eigenvalue weighted by Crippen LogP contribution is 2.45. The van der Waals surface area contributed by atoms with Crippen LogP contribution in [0, 0.1) is 13.8 Å². The summed E-state index contributed by atoms with van der Waals surface area (Å²) in [5.41, 5.74) is 3.37. The number of hydrogen-bond donors (Lipinski definition) is 5. The van der Waals surface area contributed by atoms with Crippen LogP contribution in [0.4, 0.5) is 34.1 Å². The minimum atomic E-state index is -3.76. The average molecular weight is 914 g/mol. The molecule has 2 aliphatic rings. The summed E-state index contributed by atoms with van der Waals surface area (Å²) in [6.45, 7) is 6.92. The van der Waals surface area contributed by atoms with Crippen molar-refractivity contribution in [1.82, 2.24) is 4.31 Å². The Bertz CT molecular complexity index is 2660. The van der Waals surface area contributed by atoms with E-state index in [4.69, 9.17) is 17.3 Å². The summed E-state index contributed by atoms with van der Waals surface area (Å²) in [5, 5.41) is 30.7. The van der Waals surface area contributed by atoms with Gasteiger partial charge in [-0.05, 0) is 80.3 Å². The number of ether oxygens (including phenoxy) is 1. The minimum Gasteiger partial charge on any atom is -0.506 e. The van der Waals surface area contributed by atoms with Crippen LogP contribution in [-0.2, 0) is 48.6 Å². The molecule has 61 heavy (non-hydrogen) atoms. The van der Waals surface area contributed by atoms with E-state index in [-0.39, 0.29) is 62.3 Å². The first-order valence-electron chi connectivity index (χ1n) is 18.8. The molecule has 0 saturated carbocycles. The third kappa shape index (κ3) is 11.1. The molecule has 2 fully saturated rings. The fourth-order valence-corrected chi connectivity index (χ4v) is 9.35. The first kappa shape index (κ1) is 43.6. The molecule has 0 bridgehead atoms. The number of nitrogens with zero attached hydrogens (tertiary/aromatic N) is 4. The van der Waals surface area contributed by atoms with E-state index in [0.717, 1.165) is 30.2 Å². The van der Waals surface area contributed by atoms with Crippen molar-refractivity contribution in [3.8, 4) is 28.7 Å². The van der Waals surface area contributed by atoms with Gasteiger partial charge in [0.1, 0.15) is 11.5 Å². The van der Waals surface area contributed by atoms with Crippen LogP contribution in [0.1, 0.15) is 24.0 Å². The van der Waals surface area contributed by atoms with Crippen molar-refractivity contribution in [1.29, 1.82) is 0 Å². The number of aromatic hydroxyl groups is 2. The Labute approximate surface area is 360 Å². The maximum Gasteiger partial charge on any atom is 0.316 e. The Kier molecular flexibility index (Phi) is 13.6. The van der Waals surface area contributed by atoms with Crippen molar-refractivity contribution in [2.45, 2.75) is 26.7 Å². The molecule has 22 heteroatoms. The summed E-state index contributed by atoms with van der Waals surface area (Å²) in [5.74, 6) is -0.245. The maximum absolute atomic E-state index is 13.3. The number of morpholine rings is 1. The minimum absolute atomic E-state index is 0.0855. The Morgan fingerprint density at radius 1 is 0.754 bits per heavy atom. The number of fused-ring (bicyclic) bond motifs is 1. The number of sulfonamides is 1. The van der Waals surface area contributed by atoms with Crippen LogP contribution in [0.15, 0.2) is 89.1 Å². The Morgan fingerprint density at radius 2 is 1.48 bits per heavy atom. The number of nitrogens with one attached hydrogen (secondary N) is 3. The first-order valence-corrected chi connectivity index (χ1v) is 23.9. The number of anilines is 4. The highest BCUT2D eigenvalue weighted by Gasteiger charge is 2.24. The lowest BCUT2D eigenvalue weighted by molar-refractivity contribution is 0.122. The van der Waals surface area contributed by atoms with Gasteiger partial charge in [0, 0.05) is 55.2 Å². The summed E-state index contributed by atoms with van der Waals surface area (Å²) in [6.07, 6.45) is 2.70. The van der Waals surface area contributed by atoms with Crippen molar-refractivity contribution < 1.29 is 48.5 Å². The molecule has 0 radical (unpaired) electrons. The van der Waals surface area contributed by atoms with Gasteiger partial charge in [0.2, 0.25) is 10.0 Å². The Balaban J connectivity index is 1.10. The van der Waals surface area contributed by atoms with Gasteiger partial charge in [0.15, 0.2) is 17.2 Å². The number of benzene rings is 5.